The Labute approximate surface area is 123 Å². The van der Waals surface area contributed by atoms with Crippen molar-refractivity contribution in [3.8, 4) is 0 Å². The van der Waals surface area contributed by atoms with Gasteiger partial charge in [0.15, 0.2) is 0 Å². The zero-order valence-corrected chi connectivity index (χ0v) is 12.9. The second-order valence-electron chi connectivity index (χ2n) is 7.18. The average Bonchev–Trinajstić information content (AvgIpc) is 2.46. The van der Waals surface area contributed by atoms with Crippen molar-refractivity contribution >= 4 is 5.69 Å². The highest BCUT2D eigenvalue weighted by molar-refractivity contribution is 5.58. The van der Waals surface area contributed by atoms with Gasteiger partial charge < -0.3 is 10.6 Å². The summed E-state index contributed by atoms with van der Waals surface area (Å²) in [5.41, 5.74) is 9.45. The molecule has 3 atom stereocenters. The van der Waals surface area contributed by atoms with Crippen molar-refractivity contribution in [1.29, 1.82) is 0 Å². The second kappa shape index (κ2) is 5.40. The molecule has 0 bridgehead atoms. The maximum atomic E-state index is 6.29. The summed E-state index contributed by atoms with van der Waals surface area (Å²) in [7, 11) is 0. The second-order valence-corrected chi connectivity index (χ2v) is 7.18. The summed E-state index contributed by atoms with van der Waals surface area (Å²) in [6.45, 7) is 6.72. The van der Waals surface area contributed by atoms with Crippen molar-refractivity contribution in [2.75, 3.05) is 18.0 Å². The Balaban J connectivity index is 1.99. The number of hydrogen-bond donors (Lipinski definition) is 1. The summed E-state index contributed by atoms with van der Waals surface area (Å²) in [5.74, 6) is 1.53. The maximum Gasteiger partial charge on any atom is 0.0526 e. The number of fused-ring (bicyclic) bond motifs is 1. The average molecular weight is 272 g/mol. The zero-order valence-electron chi connectivity index (χ0n) is 12.9. The van der Waals surface area contributed by atoms with Gasteiger partial charge >= 0.3 is 0 Å². The molecule has 3 unspecified atom stereocenters. The molecule has 1 saturated carbocycles. The van der Waals surface area contributed by atoms with Crippen LogP contribution < -0.4 is 10.6 Å². The van der Waals surface area contributed by atoms with Crippen molar-refractivity contribution < 1.29 is 0 Å². The minimum absolute atomic E-state index is 0.197. The molecule has 1 aliphatic carbocycles. The number of nitrogens with two attached hydrogens (primary N) is 1. The number of nitrogens with zero attached hydrogens (tertiary/aromatic N) is 1. The predicted octanol–water partition coefficient (Wildman–Crippen LogP) is 3.59. The fourth-order valence-corrected chi connectivity index (χ4v) is 4.42. The van der Waals surface area contributed by atoms with Crippen LogP contribution in [0.2, 0.25) is 0 Å². The molecule has 1 fully saturated rings. The molecule has 2 nitrogen and oxygen atoms in total. The van der Waals surface area contributed by atoms with Crippen LogP contribution in [0.5, 0.6) is 0 Å². The number of rotatable bonds is 2. The molecular formula is C18H28N2. The number of anilines is 1. The van der Waals surface area contributed by atoms with E-state index in [4.69, 9.17) is 5.73 Å². The lowest BCUT2D eigenvalue weighted by Crippen LogP contribution is -2.59. The lowest BCUT2D eigenvalue weighted by molar-refractivity contribution is 0.218. The minimum atomic E-state index is 0.197. The summed E-state index contributed by atoms with van der Waals surface area (Å²) in [4.78, 5) is 2.67. The van der Waals surface area contributed by atoms with Gasteiger partial charge in [0, 0.05) is 18.8 Å². The first-order chi connectivity index (χ1) is 9.64. The molecule has 0 spiro atoms. The number of hydrogen-bond acceptors (Lipinski definition) is 2. The third-order valence-electron chi connectivity index (χ3n) is 5.37. The lowest BCUT2D eigenvalue weighted by atomic mass is 9.73. The van der Waals surface area contributed by atoms with Gasteiger partial charge in [-0.1, -0.05) is 44.9 Å². The van der Waals surface area contributed by atoms with E-state index in [1.165, 1.54) is 49.9 Å². The van der Waals surface area contributed by atoms with Crippen LogP contribution in [0.3, 0.4) is 0 Å². The Morgan fingerprint density at radius 3 is 2.80 bits per heavy atom. The first-order valence-electron chi connectivity index (χ1n) is 8.20. The Hall–Kier alpha value is -1.02. The molecule has 0 saturated heterocycles. The highest BCUT2D eigenvalue weighted by Crippen LogP contribution is 2.42. The van der Waals surface area contributed by atoms with Crippen LogP contribution in [-0.4, -0.2) is 18.6 Å². The van der Waals surface area contributed by atoms with E-state index in [1.54, 1.807) is 0 Å². The predicted molar refractivity (Wildman–Crippen MR) is 86.1 cm³/mol. The fraction of sp³-hybridized carbons (Fsp3) is 0.667. The quantitative estimate of drug-likeness (QED) is 0.891. The standard InChI is InChI=1S/C18H28N2/c1-14-6-5-9-18(11-14,13-19)20-12-15(2)10-16-7-3-4-8-17(16)20/h3-4,7-8,14-15H,5-6,9-13,19H2,1-2H3. The van der Waals surface area contributed by atoms with Crippen LogP contribution in [0.25, 0.3) is 0 Å². The van der Waals surface area contributed by atoms with Crippen molar-refractivity contribution in [3.63, 3.8) is 0 Å². The van der Waals surface area contributed by atoms with Gasteiger partial charge in [0.05, 0.1) is 5.54 Å². The van der Waals surface area contributed by atoms with Crippen molar-refractivity contribution in [2.45, 2.75) is 51.5 Å². The summed E-state index contributed by atoms with van der Waals surface area (Å²) in [5, 5.41) is 0. The SMILES string of the molecule is CC1Cc2ccccc2N(C2(CN)CCCC(C)C2)C1. The monoisotopic (exact) mass is 272 g/mol. The number of para-hydroxylation sites is 1. The Bertz CT molecular complexity index is 470. The van der Waals surface area contributed by atoms with Gasteiger partial charge in [-0.15, -0.1) is 0 Å². The van der Waals surface area contributed by atoms with E-state index in [9.17, 15) is 0 Å². The molecule has 0 aromatic heterocycles. The molecule has 1 aromatic rings. The topological polar surface area (TPSA) is 29.3 Å². The lowest BCUT2D eigenvalue weighted by Gasteiger charge is -2.52. The van der Waals surface area contributed by atoms with Gasteiger partial charge in [0.1, 0.15) is 0 Å². The highest BCUT2D eigenvalue weighted by atomic mass is 15.2. The molecule has 3 rings (SSSR count). The van der Waals surface area contributed by atoms with Gasteiger partial charge in [-0.05, 0) is 42.7 Å². The molecule has 0 radical (unpaired) electrons. The van der Waals surface area contributed by atoms with Gasteiger partial charge in [-0.3, -0.25) is 0 Å². The fourth-order valence-electron chi connectivity index (χ4n) is 4.42. The minimum Gasteiger partial charge on any atom is -0.364 e. The molecule has 1 aliphatic heterocycles. The van der Waals surface area contributed by atoms with Crippen LogP contribution in [0.1, 0.15) is 45.1 Å². The summed E-state index contributed by atoms with van der Waals surface area (Å²) < 4.78 is 0. The Kier molecular flexibility index (Phi) is 3.76. The molecule has 0 amide bonds. The first-order valence-corrected chi connectivity index (χ1v) is 8.20. The largest absolute Gasteiger partial charge is 0.364 e. The van der Waals surface area contributed by atoms with E-state index in [1.807, 2.05) is 0 Å². The van der Waals surface area contributed by atoms with Gasteiger partial charge in [-0.25, -0.2) is 0 Å². The smallest absolute Gasteiger partial charge is 0.0526 e. The Morgan fingerprint density at radius 2 is 2.05 bits per heavy atom. The van der Waals surface area contributed by atoms with Crippen LogP contribution in [0.4, 0.5) is 5.69 Å². The highest BCUT2D eigenvalue weighted by Gasteiger charge is 2.41. The third-order valence-corrected chi connectivity index (χ3v) is 5.37. The zero-order chi connectivity index (χ0) is 14.2. The normalized spacial score (nSPS) is 33.9. The molecule has 2 heteroatoms. The van der Waals surface area contributed by atoms with Gasteiger partial charge in [0.25, 0.3) is 0 Å². The molecular weight excluding hydrogens is 244 g/mol. The summed E-state index contributed by atoms with van der Waals surface area (Å²) >= 11 is 0. The van der Waals surface area contributed by atoms with Crippen molar-refractivity contribution in [3.05, 3.63) is 29.8 Å². The molecule has 1 heterocycles. The Morgan fingerprint density at radius 1 is 1.25 bits per heavy atom. The third kappa shape index (κ3) is 2.35. The number of benzene rings is 1. The van der Waals surface area contributed by atoms with E-state index >= 15 is 0 Å². The maximum absolute atomic E-state index is 6.29. The van der Waals surface area contributed by atoms with E-state index in [-0.39, 0.29) is 5.54 Å². The van der Waals surface area contributed by atoms with E-state index in [0.717, 1.165) is 18.4 Å². The van der Waals surface area contributed by atoms with Crippen LogP contribution in [0.15, 0.2) is 24.3 Å². The van der Waals surface area contributed by atoms with E-state index in [2.05, 4.69) is 43.0 Å². The van der Waals surface area contributed by atoms with Gasteiger partial charge in [0.2, 0.25) is 0 Å². The molecule has 110 valence electrons. The van der Waals surface area contributed by atoms with Crippen LogP contribution in [0, 0.1) is 11.8 Å². The van der Waals surface area contributed by atoms with Crippen molar-refractivity contribution in [2.24, 2.45) is 17.6 Å². The van der Waals surface area contributed by atoms with Gasteiger partial charge in [-0.2, -0.15) is 0 Å². The molecule has 2 aliphatic rings. The summed E-state index contributed by atoms with van der Waals surface area (Å²) in [6, 6.07) is 8.96. The summed E-state index contributed by atoms with van der Waals surface area (Å²) in [6.07, 6.45) is 6.42. The van der Waals surface area contributed by atoms with Crippen molar-refractivity contribution in [1.82, 2.24) is 0 Å². The molecule has 2 N–H and O–H groups in total. The van der Waals surface area contributed by atoms with Crippen LogP contribution in [-0.2, 0) is 6.42 Å². The van der Waals surface area contributed by atoms with E-state index in [0.29, 0.717) is 0 Å². The van der Waals surface area contributed by atoms with Crippen LogP contribution >= 0.6 is 0 Å². The molecule has 20 heavy (non-hydrogen) atoms. The first kappa shape index (κ1) is 13.9. The van der Waals surface area contributed by atoms with E-state index < -0.39 is 0 Å². The molecule has 1 aromatic carbocycles.